The van der Waals surface area contributed by atoms with Gasteiger partial charge in [0.2, 0.25) is 0 Å². The molecule has 56 valence electrons. The van der Waals surface area contributed by atoms with Gasteiger partial charge in [-0.25, -0.2) is 0 Å². The Morgan fingerprint density at radius 2 is 2.11 bits per heavy atom. The number of aliphatic hydroxyl groups is 1. The molecular weight excluding hydrogens is 180 g/mol. The second-order valence-corrected chi connectivity index (χ2v) is 3.13. The summed E-state index contributed by atoms with van der Waals surface area (Å²) in [6.07, 6.45) is 3.34. The Balaban J connectivity index is 2.88. The van der Waals surface area contributed by atoms with Crippen molar-refractivity contribution in [2.24, 2.45) is 5.92 Å². The molecule has 0 aromatic rings. The summed E-state index contributed by atoms with van der Waals surface area (Å²) in [7, 11) is 0. The lowest BCUT2D eigenvalue weighted by atomic mass is 10.1. The van der Waals surface area contributed by atoms with Crippen LogP contribution in [0.4, 0.5) is 0 Å². The molecule has 1 unspecified atom stereocenters. The molecule has 2 heteroatoms. The molecule has 1 atom stereocenters. The molecule has 0 heterocycles. The lowest BCUT2D eigenvalue weighted by Crippen LogP contribution is -1.95. The Hall–Kier alpha value is 0.440. The Morgan fingerprint density at radius 1 is 1.44 bits per heavy atom. The van der Waals surface area contributed by atoms with Gasteiger partial charge in [0.25, 0.3) is 0 Å². The molecule has 1 nitrogen and oxygen atoms in total. The van der Waals surface area contributed by atoms with E-state index in [0.29, 0.717) is 6.61 Å². The Labute approximate surface area is 65.6 Å². The van der Waals surface area contributed by atoms with E-state index >= 15 is 0 Å². The van der Waals surface area contributed by atoms with E-state index < -0.39 is 0 Å². The van der Waals surface area contributed by atoms with Crippen molar-refractivity contribution < 1.29 is 5.11 Å². The summed E-state index contributed by atoms with van der Waals surface area (Å²) in [5.74, 6) is 0.761. The number of hydrogen-bond acceptors (Lipinski definition) is 1. The SMILES string of the molecule is CC(CBr)CCCCO. The monoisotopic (exact) mass is 194 g/mol. The smallest absolute Gasteiger partial charge is 0.0431 e. The fourth-order valence-corrected chi connectivity index (χ4v) is 1.01. The van der Waals surface area contributed by atoms with Crippen molar-refractivity contribution in [2.75, 3.05) is 11.9 Å². The molecular formula is C7H15BrO. The molecule has 0 aromatic carbocycles. The minimum atomic E-state index is 0.342. The third kappa shape index (κ3) is 6.32. The van der Waals surface area contributed by atoms with Crippen LogP contribution >= 0.6 is 15.9 Å². The van der Waals surface area contributed by atoms with E-state index in [9.17, 15) is 0 Å². The molecule has 0 aliphatic rings. The van der Waals surface area contributed by atoms with Crippen molar-refractivity contribution >= 4 is 15.9 Å². The minimum absolute atomic E-state index is 0.342. The van der Waals surface area contributed by atoms with Gasteiger partial charge in [-0.3, -0.25) is 0 Å². The highest BCUT2D eigenvalue weighted by molar-refractivity contribution is 9.09. The van der Waals surface area contributed by atoms with E-state index in [-0.39, 0.29) is 0 Å². The lowest BCUT2D eigenvalue weighted by molar-refractivity contribution is 0.280. The van der Waals surface area contributed by atoms with Crippen molar-refractivity contribution in [3.63, 3.8) is 0 Å². The van der Waals surface area contributed by atoms with Gasteiger partial charge in [0.05, 0.1) is 0 Å². The summed E-state index contributed by atoms with van der Waals surface area (Å²) in [5.41, 5.74) is 0. The van der Waals surface area contributed by atoms with Gasteiger partial charge >= 0.3 is 0 Å². The summed E-state index contributed by atoms with van der Waals surface area (Å²) >= 11 is 3.40. The zero-order chi connectivity index (χ0) is 7.11. The van der Waals surface area contributed by atoms with Gasteiger partial charge in [-0.2, -0.15) is 0 Å². The fourth-order valence-electron chi connectivity index (χ4n) is 0.682. The molecule has 0 aliphatic carbocycles. The first-order chi connectivity index (χ1) is 4.31. The summed E-state index contributed by atoms with van der Waals surface area (Å²) in [6, 6.07) is 0. The summed E-state index contributed by atoms with van der Waals surface area (Å²) in [5, 5.41) is 9.52. The average molecular weight is 195 g/mol. The average Bonchev–Trinajstić information content (AvgIpc) is 1.89. The van der Waals surface area contributed by atoms with Crippen molar-refractivity contribution in [1.82, 2.24) is 0 Å². The van der Waals surface area contributed by atoms with E-state index in [1.165, 1.54) is 6.42 Å². The standard InChI is InChI=1S/C7H15BrO/c1-7(6-8)4-2-3-5-9/h7,9H,2-6H2,1H3. The van der Waals surface area contributed by atoms with Crippen LogP contribution in [0, 0.1) is 5.92 Å². The van der Waals surface area contributed by atoms with Crippen molar-refractivity contribution in [2.45, 2.75) is 26.2 Å². The maximum absolute atomic E-state index is 8.44. The predicted molar refractivity (Wildman–Crippen MR) is 43.9 cm³/mol. The molecule has 0 rings (SSSR count). The van der Waals surface area contributed by atoms with Crippen LogP contribution in [0.25, 0.3) is 0 Å². The highest BCUT2D eigenvalue weighted by Gasteiger charge is 1.97. The predicted octanol–water partition coefficient (Wildman–Crippen LogP) is 2.18. The Bertz CT molecular complexity index is 56.9. The van der Waals surface area contributed by atoms with E-state index in [1.54, 1.807) is 0 Å². The van der Waals surface area contributed by atoms with Gasteiger partial charge in [0.15, 0.2) is 0 Å². The topological polar surface area (TPSA) is 20.2 Å². The number of alkyl halides is 1. The van der Waals surface area contributed by atoms with Crippen LogP contribution < -0.4 is 0 Å². The van der Waals surface area contributed by atoms with Crippen LogP contribution in [0.5, 0.6) is 0 Å². The molecule has 0 spiro atoms. The quantitative estimate of drug-likeness (QED) is 0.526. The van der Waals surface area contributed by atoms with Crippen molar-refractivity contribution in [1.29, 1.82) is 0 Å². The maximum Gasteiger partial charge on any atom is 0.0431 e. The summed E-state index contributed by atoms with van der Waals surface area (Å²) in [6.45, 7) is 2.56. The van der Waals surface area contributed by atoms with E-state index in [4.69, 9.17) is 5.11 Å². The van der Waals surface area contributed by atoms with Crippen molar-refractivity contribution in [3.05, 3.63) is 0 Å². The normalized spacial score (nSPS) is 13.7. The minimum Gasteiger partial charge on any atom is -0.396 e. The first kappa shape index (κ1) is 9.44. The van der Waals surface area contributed by atoms with Gasteiger partial charge in [-0.05, 0) is 18.8 Å². The van der Waals surface area contributed by atoms with E-state index in [1.807, 2.05) is 0 Å². The molecule has 0 saturated heterocycles. The number of rotatable bonds is 5. The zero-order valence-corrected chi connectivity index (χ0v) is 7.52. The molecule has 0 aliphatic heterocycles. The van der Waals surface area contributed by atoms with Crippen LogP contribution in [0.1, 0.15) is 26.2 Å². The third-order valence-electron chi connectivity index (χ3n) is 1.37. The molecule has 0 aromatic heterocycles. The molecule has 9 heavy (non-hydrogen) atoms. The largest absolute Gasteiger partial charge is 0.396 e. The fraction of sp³-hybridized carbons (Fsp3) is 1.00. The molecule has 0 radical (unpaired) electrons. The van der Waals surface area contributed by atoms with Gasteiger partial charge in [0.1, 0.15) is 0 Å². The second kappa shape index (κ2) is 6.56. The zero-order valence-electron chi connectivity index (χ0n) is 5.94. The number of halogens is 1. The molecule has 0 amide bonds. The number of aliphatic hydroxyl groups excluding tert-OH is 1. The first-order valence-electron chi connectivity index (χ1n) is 3.48. The van der Waals surface area contributed by atoms with Crippen LogP contribution in [-0.2, 0) is 0 Å². The summed E-state index contributed by atoms with van der Waals surface area (Å²) < 4.78 is 0. The summed E-state index contributed by atoms with van der Waals surface area (Å²) in [4.78, 5) is 0. The van der Waals surface area contributed by atoms with Crippen molar-refractivity contribution in [3.8, 4) is 0 Å². The van der Waals surface area contributed by atoms with E-state index in [0.717, 1.165) is 24.1 Å². The van der Waals surface area contributed by atoms with Crippen LogP contribution in [-0.4, -0.2) is 17.0 Å². The highest BCUT2D eigenvalue weighted by atomic mass is 79.9. The first-order valence-corrected chi connectivity index (χ1v) is 4.60. The van der Waals surface area contributed by atoms with Gasteiger partial charge < -0.3 is 5.11 Å². The molecule has 0 fully saturated rings. The molecule has 1 N–H and O–H groups in total. The lowest BCUT2D eigenvalue weighted by Gasteiger charge is -2.04. The van der Waals surface area contributed by atoms with Gasteiger partial charge in [0, 0.05) is 11.9 Å². The third-order valence-corrected chi connectivity index (χ3v) is 2.47. The van der Waals surface area contributed by atoms with Gasteiger partial charge in [-0.15, -0.1) is 0 Å². The second-order valence-electron chi connectivity index (χ2n) is 2.48. The Morgan fingerprint density at radius 3 is 2.56 bits per heavy atom. The number of unbranched alkanes of at least 4 members (excludes halogenated alkanes) is 1. The van der Waals surface area contributed by atoms with E-state index in [2.05, 4.69) is 22.9 Å². The van der Waals surface area contributed by atoms with Crippen LogP contribution in [0.2, 0.25) is 0 Å². The molecule has 0 bridgehead atoms. The van der Waals surface area contributed by atoms with Crippen LogP contribution in [0.15, 0.2) is 0 Å². The van der Waals surface area contributed by atoms with Gasteiger partial charge in [-0.1, -0.05) is 29.3 Å². The highest BCUT2D eigenvalue weighted by Crippen LogP contribution is 2.09. The molecule has 0 saturated carbocycles. The Kier molecular flexibility index (Phi) is 6.88. The van der Waals surface area contributed by atoms with Crippen LogP contribution in [0.3, 0.4) is 0 Å². The number of hydrogen-bond donors (Lipinski definition) is 1. The maximum atomic E-state index is 8.44.